The molecule has 11 heavy (non-hydrogen) atoms. The van der Waals surface area contributed by atoms with Gasteiger partial charge in [-0.05, 0) is 37.0 Å². The van der Waals surface area contributed by atoms with Crippen LogP contribution in [0.3, 0.4) is 0 Å². The van der Waals surface area contributed by atoms with Gasteiger partial charge in [-0.2, -0.15) is 5.26 Å². The lowest BCUT2D eigenvalue weighted by Crippen LogP contribution is -2.21. The summed E-state index contributed by atoms with van der Waals surface area (Å²) < 4.78 is 0. The number of fused-ring (bicyclic) bond motifs is 2. The van der Waals surface area contributed by atoms with E-state index in [2.05, 4.69) is 22.0 Å². The zero-order valence-corrected chi connectivity index (χ0v) is 8.05. The molecule has 2 bridgehead atoms. The molecule has 4 unspecified atom stereocenters. The SMILES string of the molecule is N#CCC1C2CCC(C2)C1Br. The van der Waals surface area contributed by atoms with Crippen LogP contribution in [-0.2, 0) is 0 Å². The molecule has 0 aromatic carbocycles. The third kappa shape index (κ3) is 1.10. The summed E-state index contributed by atoms with van der Waals surface area (Å²) in [4.78, 5) is 0.654. The molecular weight excluding hydrogens is 202 g/mol. The highest BCUT2D eigenvalue weighted by Gasteiger charge is 2.45. The van der Waals surface area contributed by atoms with E-state index in [4.69, 9.17) is 5.26 Å². The van der Waals surface area contributed by atoms with Crippen LogP contribution in [0, 0.1) is 29.1 Å². The van der Waals surface area contributed by atoms with Crippen LogP contribution < -0.4 is 0 Å². The highest BCUT2D eigenvalue weighted by Crippen LogP contribution is 2.52. The van der Waals surface area contributed by atoms with Gasteiger partial charge in [0, 0.05) is 11.2 Å². The van der Waals surface area contributed by atoms with Crippen molar-refractivity contribution in [3.05, 3.63) is 0 Å². The van der Waals surface area contributed by atoms with E-state index in [1.165, 1.54) is 19.3 Å². The van der Waals surface area contributed by atoms with Crippen LogP contribution in [0.15, 0.2) is 0 Å². The van der Waals surface area contributed by atoms with E-state index >= 15 is 0 Å². The fraction of sp³-hybridized carbons (Fsp3) is 0.889. The second-order valence-electron chi connectivity index (χ2n) is 3.80. The Morgan fingerprint density at radius 3 is 2.64 bits per heavy atom. The van der Waals surface area contributed by atoms with Crippen molar-refractivity contribution in [2.45, 2.75) is 30.5 Å². The Morgan fingerprint density at radius 1 is 1.36 bits per heavy atom. The van der Waals surface area contributed by atoms with Crippen LogP contribution in [0.1, 0.15) is 25.7 Å². The molecule has 2 fully saturated rings. The highest BCUT2D eigenvalue weighted by atomic mass is 79.9. The fourth-order valence-corrected chi connectivity index (χ4v) is 3.82. The predicted molar refractivity (Wildman–Crippen MR) is 47.3 cm³/mol. The lowest BCUT2D eigenvalue weighted by molar-refractivity contribution is 0.353. The first-order valence-electron chi connectivity index (χ1n) is 4.34. The van der Waals surface area contributed by atoms with Gasteiger partial charge in [-0.3, -0.25) is 0 Å². The van der Waals surface area contributed by atoms with Crippen LogP contribution in [-0.4, -0.2) is 4.83 Å². The summed E-state index contributed by atoms with van der Waals surface area (Å²) in [5.41, 5.74) is 0. The van der Waals surface area contributed by atoms with Crippen LogP contribution >= 0.6 is 15.9 Å². The predicted octanol–water partition coefficient (Wildman–Crippen LogP) is 2.71. The van der Waals surface area contributed by atoms with E-state index < -0.39 is 0 Å². The Bertz CT molecular complexity index is 194. The second-order valence-corrected chi connectivity index (χ2v) is 4.86. The lowest BCUT2D eigenvalue weighted by atomic mass is 9.87. The molecule has 2 saturated carbocycles. The molecule has 0 spiro atoms. The summed E-state index contributed by atoms with van der Waals surface area (Å²) >= 11 is 3.71. The molecule has 0 amide bonds. The lowest BCUT2D eigenvalue weighted by Gasteiger charge is -2.24. The molecule has 0 saturated heterocycles. The zero-order valence-electron chi connectivity index (χ0n) is 6.46. The quantitative estimate of drug-likeness (QED) is 0.615. The van der Waals surface area contributed by atoms with Crippen molar-refractivity contribution < 1.29 is 0 Å². The standard InChI is InChI=1S/C9H12BrN/c10-9-7-2-1-6(5-7)8(9)3-4-11/h6-9H,1-3,5H2. The first-order chi connectivity index (χ1) is 5.33. The molecule has 1 nitrogen and oxygen atoms in total. The van der Waals surface area contributed by atoms with E-state index in [9.17, 15) is 0 Å². The van der Waals surface area contributed by atoms with Gasteiger partial charge in [0.2, 0.25) is 0 Å². The van der Waals surface area contributed by atoms with Crippen LogP contribution in [0.4, 0.5) is 0 Å². The van der Waals surface area contributed by atoms with E-state index in [0.717, 1.165) is 18.3 Å². The first kappa shape index (κ1) is 7.61. The average Bonchev–Trinajstić information content (AvgIpc) is 2.54. The van der Waals surface area contributed by atoms with Crippen molar-refractivity contribution in [2.24, 2.45) is 17.8 Å². The molecule has 2 rings (SSSR count). The van der Waals surface area contributed by atoms with Crippen LogP contribution in [0.2, 0.25) is 0 Å². The number of halogens is 1. The van der Waals surface area contributed by atoms with Gasteiger partial charge in [-0.15, -0.1) is 0 Å². The molecule has 2 heteroatoms. The number of nitrogens with zero attached hydrogens (tertiary/aromatic N) is 1. The molecule has 4 atom stereocenters. The van der Waals surface area contributed by atoms with Crippen molar-refractivity contribution in [1.82, 2.24) is 0 Å². The van der Waals surface area contributed by atoms with Gasteiger partial charge in [0.05, 0.1) is 6.07 Å². The maximum Gasteiger partial charge on any atom is 0.0625 e. The fourth-order valence-electron chi connectivity index (χ4n) is 2.73. The van der Waals surface area contributed by atoms with E-state index in [1.807, 2.05) is 0 Å². The van der Waals surface area contributed by atoms with Crippen molar-refractivity contribution >= 4 is 15.9 Å². The zero-order chi connectivity index (χ0) is 7.84. The third-order valence-electron chi connectivity index (χ3n) is 3.31. The van der Waals surface area contributed by atoms with E-state index in [1.54, 1.807) is 0 Å². The van der Waals surface area contributed by atoms with Crippen molar-refractivity contribution in [2.75, 3.05) is 0 Å². The molecule has 0 N–H and O–H groups in total. The largest absolute Gasteiger partial charge is 0.198 e. The van der Waals surface area contributed by atoms with Gasteiger partial charge in [0.15, 0.2) is 0 Å². The van der Waals surface area contributed by atoms with E-state index in [0.29, 0.717) is 10.7 Å². The summed E-state index contributed by atoms with van der Waals surface area (Å²) in [6, 6.07) is 2.29. The topological polar surface area (TPSA) is 23.8 Å². The van der Waals surface area contributed by atoms with Gasteiger partial charge in [0.25, 0.3) is 0 Å². The second kappa shape index (κ2) is 2.79. The minimum atomic E-state index is 0.654. The van der Waals surface area contributed by atoms with Gasteiger partial charge >= 0.3 is 0 Å². The summed E-state index contributed by atoms with van der Waals surface area (Å²) in [5.74, 6) is 2.42. The van der Waals surface area contributed by atoms with Crippen molar-refractivity contribution in [3.63, 3.8) is 0 Å². The minimum Gasteiger partial charge on any atom is -0.198 e. The number of hydrogen-bond acceptors (Lipinski definition) is 1. The Balaban J connectivity index is 2.07. The molecule has 0 aromatic rings. The molecule has 60 valence electrons. The molecule has 0 heterocycles. The molecule has 0 radical (unpaired) electrons. The maximum absolute atomic E-state index is 8.60. The molecule has 0 aromatic heterocycles. The van der Waals surface area contributed by atoms with Gasteiger partial charge < -0.3 is 0 Å². The summed E-state index contributed by atoms with van der Waals surface area (Å²) in [6.45, 7) is 0. The maximum atomic E-state index is 8.60. The smallest absolute Gasteiger partial charge is 0.0625 e. The minimum absolute atomic E-state index is 0.654. The molecular formula is C9H12BrN. The molecule has 2 aliphatic rings. The summed E-state index contributed by atoms with van der Waals surface area (Å²) in [7, 11) is 0. The highest BCUT2D eigenvalue weighted by molar-refractivity contribution is 9.09. The normalized spacial score (nSPS) is 47.6. The van der Waals surface area contributed by atoms with Gasteiger partial charge in [-0.1, -0.05) is 15.9 Å². The van der Waals surface area contributed by atoms with Crippen molar-refractivity contribution in [3.8, 4) is 6.07 Å². The first-order valence-corrected chi connectivity index (χ1v) is 5.25. The van der Waals surface area contributed by atoms with Gasteiger partial charge in [0.1, 0.15) is 0 Å². The monoisotopic (exact) mass is 213 g/mol. The van der Waals surface area contributed by atoms with E-state index in [-0.39, 0.29) is 0 Å². The molecule has 2 aliphatic carbocycles. The number of rotatable bonds is 1. The average molecular weight is 214 g/mol. The summed E-state index contributed by atoms with van der Waals surface area (Å²) in [6.07, 6.45) is 4.90. The third-order valence-corrected chi connectivity index (χ3v) is 4.73. The van der Waals surface area contributed by atoms with Crippen LogP contribution in [0.25, 0.3) is 0 Å². The van der Waals surface area contributed by atoms with Crippen LogP contribution in [0.5, 0.6) is 0 Å². The summed E-state index contributed by atoms with van der Waals surface area (Å²) in [5, 5.41) is 8.60. The number of nitriles is 1. The Morgan fingerprint density at radius 2 is 2.09 bits per heavy atom. The number of hydrogen-bond donors (Lipinski definition) is 0. The molecule has 0 aliphatic heterocycles. The number of alkyl halides is 1. The Hall–Kier alpha value is -0.0300. The Kier molecular flexibility index (Phi) is 1.93. The Labute approximate surface area is 75.9 Å². The van der Waals surface area contributed by atoms with Gasteiger partial charge in [-0.25, -0.2) is 0 Å². The van der Waals surface area contributed by atoms with Crippen molar-refractivity contribution in [1.29, 1.82) is 5.26 Å².